The molecule has 1 aliphatic heterocycles. The van der Waals surface area contributed by atoms with Crippen LogP contribution in [0.25, 0.3) is 0 Å². The smallest absolute Gasteiger partial charge is 0.213 e. The molecule has 7 heteroatoms. The summed E-state index contributed by atoms with van der Waals surface area (Å²) in [6, 6.07) is 8.67. The van der Waals surface area contributed by atoms with E-state index in [1.54, 1.807) is 37.2 Å². The number of hydrogen-bond acceptors (Lipinski definition) is 4. The van der Waals surface area contributed by atoms with Crippen LogP contribution in [0.2, 0.25) is 5.02 Å². The van der Waals surface area contributed by atoms with Crippen LogP contribution < -0.4 is 4.74 Å². The zero-order chi connectivity index (χ0) is 17.8. The highest BCUT2D eigenvalue weighted by molar-refractivity contribution is 8.13. The third-order valence-corrected chi connectivity index (χ3v) is 5.33. The second-order valence-electron chi connectivity index (χ2n) is 5.73. The minimum Gasteiger partial charge on any atom is -0.481 e. The average molecular weight is 380 g/mol. The topological polar surface area (TPSA) is 37.7 Å². The maximum atomic E-state index is 13.7. The number of amidine groups is 1. The zero-order valence-electron chi connectivity index (χ0n) is 14.1. The van der Waals surface area contributed by atoms with Crippen molar-refractivity contribution in [3.63, 3.8) is 0 Å². The molecular formula is C18H19ClFN3OS. The Bertz CT molecular complexity index is 769. The van der Waals surface area contributed by atoms with Gasteiger partial charge in [-0.2, -0.15) is 0 Å². The fourth-order valence-electron chi connectivity index (χ4n) is 2.94. The van der Waals surface area contributed by atoms with Crippen molar-refractivity contribution in [1.82, 2.24) is 9.88 Å². The van der Waals surface area contributed by atoms with Crippen molar-refractivity contribution in [3.05, 3.63) is 52.9 Å². The van der Waals surface area contributed by atoms with E-state index < -0.39 is 0 Å². The summed E-state index contributed by atoms with van der Waals surface area (Å²) in [4.78, 5) is 11.1. The van der Waals surface area contributed by atoms with Crippen molar-refractivity contribution in [2.45, 2.75) is 12.3 Å². The number of aliphatic imine (C=N–C) groups is 1. The van der Waals surface area contributed by atoms with Gasteiger partial charge in [0.15, 0.2) is 5.17 Å². The van der Waals surface area contributed by atoms with E-state index in [1.165, 1.54) is 6.07 Å². The lowest BCUT2D eigenvalue weighted by Crippen LogP contribution is -2.25. The minimum atomic E-state index is -0.360. The summed E-state index contributed by atoms with van der Waals surface area (Å²) >= 11 is 7.73. The number of thioether (sulfide) groups is 1. The quantitative estimate of drug-likeness (QED) is 0.571. The Labute approximate surface area is 156 Å². The lowest BCUT2D eigenvalue weighted by Gasteiger charge is -2.19. The summed E-state index contributed by atoms with van der Waals surface area (Å²) in [7, 11) is 1.58. The molecule has 4 nitrogen and oxygen atoms in total. The van der Waals surface area contributed by atoms with Gasteiger partial charge in [0.1, 0.15) is 5.82 Å². The fraction of sp³-hybridized carbons (Fsp3) is 0.333. The van der Waals surface area contributed by atoms with Gasteiger partial charge in [-0.15, -0.1) is 0 Å². The highest BCUT2D eigenvalue weighted by Gasteiger charge is 2.28. The molecule has 2 aromatic rings. The predicted octanol–water partition coefficient (Wildman–Crippen LogP) is 4.72. The maximum Gasteiger partial charge on any atom is 0.213 e. The Hall–Kier alpha value is -1.79. The van der Waals surface area contributed by atoms with E-state index in [4.69, 9.17) is 16.3 Å². The Morgan fingerprint density at radius 2 is 2.24 bits per heavy atom. The summed E-state index contributed by atoms with van der Waals surface area (Å²) in [5.41, 5.74) is 1.65. The molecular weight excluding hydrogens is 361 g/mol. The molecule has 0 spiro atoms. The molecule has 0 amide bonds. The first kappa shape index (κ1) is 18.0. The predicted molar refractivity (Wildman–Crippen MR) is 102 cm³/mol. The van der Waals surface area contributed by atoms with Crippen molar-refractivity contribution in [1.29, 1.82) is 0 Å². The lowest BCUT2D eigenvalue weighted by atomic mass is 9.98. The van der Waals surface area contributed by atoms with E-state index in [2.05, 4.69) is 14.9 Å². The summed E-state index contributed by atoms with van der Waals surface area (Å²) in [6.07, 6.45) is 4.61. The first-order valence-electron chi connectivity index (χ1n) is 7.94. The molecule has 1 aromatic carbocycles. The number of aromatic nitrogens is 1. The van der Waals surface area contributed by atoms with Gasteiger partial charge in [-0.05, 0) is 30.4 Å². The molecule has 0 aliphatic carbocycles. The standard InChI is InChI=1S/C18H19ClFN3OS/c1-24-16-7-6-13(10-21-16)22-18(25-2)23-9-8-12(11-23)14-4-3-5-15(20)17(14)19/h3-7,10,12H,8-9,11H2,1-2H3. The number of rotatable bonds is 3. The molecule has 1 fully saturated rings. The van der Waals surface area contributed by atoms with Crippen LogP contribution in [0.15, 0.2) is 41.5 Å². The lowest BCUT2D eigenvalue weighted by molar-refractivity contribution is 0.398. The Morgan fingerprint density at radius 3 is 2.92 bits per heavy atom. The van der Waals surface area contributed by atoms with Crippen LogP contribution in [0.4, 0.5) is 10.1 Å². The van der Waals surface area contributed by atoms with Crippen LogP contribution in [-0.4, -0.2) is 41.5 Å². The third kappa shape index (κ3) is 4.07. The van der Waals surface area contributed by atoms with Gasteiger partial charge in [-0.25, -0.2) is 14.4 Å². The number of likely N-dealkylation sites (tertiary alicyclic amines) is 1. The molecule has 1 atom stereocenters. The van der Waals surface area contributed by atoms with E-state index in [9.17, 15) is 4.39 Å². The van der Waals surface area contributed by atoms with Crippen LogP contribution in [0, 0.1) is 5.82 Å². The van der Waals surface area contributed by atoms with Crippen LogP contribution in [0.1, 0.15) is 17.9 Å². The number of methoxy groups -OCH3 is 1. The van der Waals surface area contributed by atoms with Crippen LogP contribution >= 0.6 is 23.4 Å². The van der Waals surface area contributed by atoms with Gasteiger partial charge in [0.2, 0.25) is 5.88 Å². The van der Waals surface area contributed by atoms with Crippen LogP contribution in [0.3, 0.4) is 0 Å². The van der Waals surface area contributed by atoms with E-state index in [1.807, 2.05) is 18.4 Å². The highest BCUT2D eigenvalue weighted by atomic mass is 35.5. The Kier molecular flexibility index (Phi) is 5.81. The second-order valence-corrected chi connectivity index (χ2v) is 6.88. The Balaban J connectivity index is 1.76. The molecule has 2 heterocycles. The van der Waals surface area contributed by atoms with Gasteiger partial charge in [-0.1, -0.05) is 35.5 Å². The second kappa shape index (κ2) is 8.06. The van der Waals surface area contributed by atoms with E-state index in [0.29, 0.717) is 5.88 Å². The molecule has 3 rings (SSSR count). The monoisotopic (exact) mass is 379 g/mol. The van der Waals surface area contributed by atoms with Crippen molar-refractivity contribution < 1.29 is 9.13 Å². The molecule has 1 unspecified atom stereocenters. The number of halogens is 2. The Morgan fingerprint density at radius 1 is 1.40 bits per heavy atom. The van der Waals surface area contributed by atoms with Gasteiger partial charge in [0.05, 0.1) is 24.0 Å². The largest absolute Gasteiger partial charge is 0.481 e. The van der Waals surface area contributed by atoms with Gasteiger partial charge in [0.25, 0.3) is 0 Å². The molecule has 1 aliphatic rings. The molecule has 0 radical (unpaired) electrons. The number of ether oxygens (including phenoxy) is 1. The summed E-state index contributed by atoms with van der Waals surface area (Å²) < 4.78 is 18.8. The molecule has 1 saturated heterocycles. The summed E-state index contributed by atoms with van der Waals surface area (Å²) in [5.74, 6) is 0.404. The van der Waals surface area contributed by atoms with Gasteiger partial charge >= 0.3 is 0 Å². The SMILES string of the molecule is COc1ccc(N=C(SC)N2CCC(c3cccc(F)c3Cl)C2)cn1. The normalized spacial score (nSPS) is 17.8. The van der Waals surface area contributed by atoms with Crippen molar-refractivity contribution in [3.8, 4) is 5.88 Å². The van der Waals surface area contributed by atoms with Crippen LogP contribution in [-0.2, 0) is 0 Å². The van der Waals surface area contributed by atoms with Gasteiger partial charge in [0, 0.05) is 25.1 Å². The molecule has 0 N–H and O–H groups in total. The van der Waals surface area contributed by atoms with Crippen molar-refractivity contribution in [2.75, 3.05) is 26.5 Å². The fourth-order valence-corrected chi connectivity index (χ4v) is 3.84. The first-order valence-corrected chi connectivity index (χ1v) is 9.54. The van der Waals surface area contributed by atoms with Gasteiger partial charge < -0.3 is 9.64 Å². The summed E-state index contributed by atoms with van der Waals surface area (Å²) in [6.45, 7) is 1.63. The average Bonchev–Trinajstić information content (AvgIpc) is 3.12. The molecule has 132 valence electrons. The molecule has 25 heavy (non-hydrogen) atoms. The summed E-state index contributed by atoms with van der Waals surface area (Å²) in [5, 5.41) is 1.15. The molecule has 0 bridgehead atoms. The van der Waals surface area contributed by atoms with E-state index in [0.717, 1.165) is 35.9 Å². The van der Waals surface area contributed by atoms with Crippen molar-refractivity contribution in [2.24, 2.45) is 4.99 Å². The number of benzene rings is 1. The van der Waals surface area contributed by atoms with E-state index >= 15 is 0 Å². The number of nitrogens with zero attached hydrogens (tertiary/aromatic N) is 3. The minimum absolute atomic E-state index is 0.203. The van der Waals surface area contributed by atoms with E-state index in [-0.39, 0.29) is 16.8 Å². The maximum absolute atomic E-state index is 13.7. The third-order valence-electron chi connectivity index (χ3n) is 4.22. The zero-order valence-corrected chi connectivity index (χ0v) is 15.6. The number of pyridine rings is 1. The molecule has 1 aromatic heterocycles. The number of hydrogen-bond donors (Lipinski definition) is 0. The highest BCUT2D eigenvalue weighted by Crippen LogP contribution is 2.34. The van der Waals surface area contributed by atoms with Gasteiger partial charge in [-0.3, -0.25) is 0 Å². The first-order chi connectivity index (χ1) is 12.1. The van der Waals surface area contributed by atoms with Crippen molar-refractivity contribution >= 4 is 34.2 Å². The molecule has 0 saturated carbocycles. The van der Waals surface area contributed by atoms with Crippen LogP contribution in [0.5, 0.6) is 5.88 Å².